The topological polar surface area (TPSA) is 57.1 Å². The van der Waals surface area contributed by atoms with Gasteiger partial charge in [0.25, 0.3) is 0 Å². The maximum Gasteiger partial charge on any atom is 0.363 e. The highest BCUT2D eigenvalue weighted by molar-refractivity contribution is 6.31. The van der Waals surface area contributed by atoms with Gasteiger partial charge in [-0.25, -0.2) is 9.79 Å². The average Bonchev–Trinajstić information content (AvgIpc) is 3.14. The van der Waals surface area contributed by atoms with E-state index in [1.54, 1.807) is 42.5 Å². The summed E-state index contributed by atoms with van der Waals surface area (Å²) in [6, 6.07) is 12.4. The first-order valence-corrected chi connectivity index (χ1v) is 7.25. The molecule has 2 aromatic carbocycles. The first-order valence-electron chi connectivity index (χ1n) is 6.87. The summed E-state index contributed by atoms with van der Waals surface area (Å²) >= 11 is 5.94. The molecule has 0 bridgehead atoms. The highest BCUT2D eigenvalue weighted by Gasteiger charge is 2.24. The van der Waals surface area contributed by atoms with Crippen molar-refractivity contribution in [3.63, 3.8) is 0 Å². The molecule has 2 aromatic rings. The molecule has 0 N–H and O–H groups in total. The van der Waals surface area contributed by atoms with Gasteiger partial charge < -0.3 is 14.2 Å². The molecular formula is C17H10ClNO4. The third-order valence-corrected chi connectivity index (χ3v) is 3.63. The second-order valence-electron chi connectivity index (χ2n) is 4.96. The molecule has 0 aliphatic carbocycles. The second-order valence-corrected chi connectivity index (χ2v) is 5.40. The summed E-state index contributed by atoms with van der Waals surface area (Å²) in [7, 11) is 0. The van der Waals surface area contributed by atoms with Gasteiger partial charge in [-0.15, -0.1) is 0 Å². The molecule has 4 rings (SSSR count). The normalized spacial score (nSPS) is 17.3. The fourth-order valence-electron chi connectivity index (χ4n) is 2.31. The van der Waals surface area contributed by atoms with E-state index < -0.39 is 5.97 Å². The lowest BCUT2D eigenvalue weighted by Crippen LogP contribution is -2.05. The lowest BCUT2D eigenvalue weighted by molar-refractivity contribution is -0.129. The number of halogens is 1. The van der Waals surface area contributed by atoms with Gasteiger partial charge in [-0.2, -0.15) is 0 Å². The fourth-order valence-corrected chi connectivity index (χ4v) is 2.51. The molecule has 0 amide bonds. The van der Waals surface area contributed by atoms with E-state index >= 15 is 0 Å². The van der Waals surface area contributed by atoms with Crippen LogP contribution < -0.4 is 9.47 Å². The molecule has 0 saturated carbocycles. The Morgan fingerprint density at radius 2 is 1.96 bits per heavy atom. The maximum absolute atomic E-state index is 12.0. The van der Waals surface area contributed by atoms with Crippen LogP contribution in [-0.4, -0.2) is 18.7 Å². The molecule has 0 saturated heterocycles. The number of aliphatic imine (C=N–C) groups is 1. The molecule has 0 spiro atoms. The number of rotatable bonds is 2. The van der Waals surface area contributed by atoms with Crippen LogP contribution in [0.4, 0.5) is 0 Å². The summed E-state index contributed by atoms with van der Waals surface area (Å²) in [5.41, 5.74) is 1.65. The molecule has 0 aromatic heterocycles. The van der Waals surface area contributed by atoms with Crippen LogP contribution in [0, 0.1) is 0 Å². The summed E-state index contributed by atoms with van der Waals surface area (Å²) < 4.78 is 15.8. The number of hydrogen-bond acceptors (Lipinski definition) is 5. The third-order valence-electron chi connectivity index (χ3n) is 3.39. The number of ether oxygens (including phenoxy) is 3. The largest absolute Gasteiger partial charge is 0.454 e. The molecule has 0 atom stereocenters. The Bertz CT molecular complexity index is 873. The zero-order chi connectivity index (χ0) is 15.8. The molecule has 0 unspecified atom stereocenters. The summed E-state index contributed by atoms with van der Waals surface area (Å²) in [6.07, 6.45) is 1.64. The van der Waals surface area contributed by atoms with E-state index in [0.29, 0.717) is 22.1 Å². The lowest BCUT2D eigenvalue weighted by Gasteiger charge is -1.99. The predicted octanol–water partition coefficient (Wildman–Crippen LogP) is 3.41. The number of esters is 1. The summed E-state index contributed by atoms with van der Waals surface area (Å²) in [5.74, 6) is 1.07. The Morgan fingerprint density at radius 1 is 1.09 bits per heavy atom. The predicted molar refractivity (Wildman–Crippen MR) is 84.6 cm³/mol. The zero-order valence-corrected chi connectivity index (χ0v) is 12.5. The number of benzene rings is 2. The van der Waals surface area contributed by atoms with Gasteiger partial charge in [0, 0.05) is 10.6 Å². The van der Waals surface area contributed by atoms with Crippen LogP contribution in [0.5, 0.6) is 11.5 Å². The van der Waals surface area contributed by atoms with Crippen molar-refractivity contribution in [3.05, 3.63) is 64.3 Å². The van der Waals surface area contributed by atoms with E-state index in [1.807, 2.05) is 6.07 Å². The Hall–Kier alpha value is -2.79. The van der Waals surface area contributed by atoms with E-state index in [9.17, 15) is 4.79 Å². The van der Waals surface area contributed by atoms with Crippen molar-refractivity contribution >= 4 is 29.5 Å². The highest BCUT2D eigenvalue weighted by atomic mass is 35.5. The highest BCUT2D eigenvalue weighted by Crippen LogP contribution is 2.33. The molecule has 2 aliphatic rings. The van der Waals surface area contributed by atoms with E-state index in [4.69, 9.17) is 25.8 Å². The molecule has 2 aliphatic heterocycles. The van der Waals surface area contributed by atoms with E-state index in [1.165, 1.54) is 0 Å². The van der Waals surface area contributed by atoms with Crippen LogP contribution in [0.2, 0.25) is 5.02 Å². The quantitative estimate of drug-likeness (QED) is 0.626. The van der Waals surface area contributed by atoms with Gasteiger partial charge in [0.05, 0.1) is 0 Å². The van der Waals surface area contributed by atoms with Gasteiger partial charge >= 0.3 is 5.97 Å². The smallest absolute Gasteiger partial charge is 0.363 e. The SMILES string of the molecule is O=C1OC(c2cccc(Cl)c2)=N/C1=C\c1ccc2c(c1)OCO2. The van der Waals surface area contributed by atoms with Crippen LogP contribution in [0.1, 0.15) is 11.1 Å². The van der Waals surface area contributed by atoms with Crippen LogP contribution in [0.25, 0.3) is 6.08 Å². The van der Waals surface area contributed by atoms with Crippen molar-refractivity contribution in [1.29, 1.82) is 0 Å². The summed E-state index contributed by atoms with van der Waals surface area (Å²) in [4.78, 5) is 16.2. The van der Waals surface area contributed by atoms with Crippen molar-refractivity contribution in [2.24, 2.45) is 4.99 Å². The van der Waals surface area contributed by atoms with Crippen molar-refractivity contribution in [3.8, 4) is 11.5 Å². The average molecular weight is 328 g/mol. The molecule has 5 nitrogen and oxygen atoms in total. The first kappa shape index (κ1) is 13.8. The van der Waals surface area contributed by atoms with Gasteiger partial charge in [0.2, 0.25) is 12.7 Å². The second kappa shape index (κ2) is 5.44. The van der Waals surface area contributed by atoms with Crippen LogP contribution in [0.3, 0.4) is 0 Å². The summed E-state index contributed by atoms with van der Waals surface area (Å²) in [6.45, 7) is 0.203. The Kier molecular flexibility index (Phi) is 3.28. The van der Waals surface area contributed by atoms with Gasteiger partial charge in [0.1, 0.15) is 0 Å². The molecular weight excluding hydrogens is 318 g/mol. The standard InChI is InChI=1S/C17H10ClNO4/c18-12-3-1-2-11(8-12)16-19-13(17(20)23-16)6-10-4-5-14-15(7-10)22-9-21-14/h1-8H,9H2/b13-6-. The molecule has 0 fully saturated rings. The Balaban J connectivity index is 1.67. The number of hydrogen-bond donors (Lipinski definition) is 0. The van der Waals surface area contributed by atoms with E-state index in [-0.39, 0.29) is 18.4 Å². The lowest BCUT2D eigenvalue weighted by atomic mass is 10.1. The number of cyclic esters (lactones) is 1. The van der Waals surface area contributed by atoms with Crippen LogP contribution in [0.15, 0.2) is 53.2 Å². The number of carbonyl (C=O) groups excluding carboxylic acids is 1. The maximum atomic E-state index is 12.0. The Labute approximate surface area is 136 Å². The van der Waals surface area contributed by atoms with Crippen molar-refractivity contribution < 1.29 is 19.0 Å². The van der Waals surface area contributed by atoms with Gasteiger partial charge in [0.15, 0.2) is 17.2 Å². The number of nitrogens with zero attached hydrogens (tertiary/aromatic N) is 1. The molecule has 2 heterocycles. The minimum atomic E-state index is -0.502. The zero-order valence-electron chi connectivity index (χ0n) is 11.8. The molecule has 6 heteroatoms. The minimum absolute atomic E-state index is 0.203. The third kappa shape index (κ3) is 2.66. The van der Waals surface area contributed by atoms with Gasteiger partial charge in [-0.3, -0.25) is 0 Å². The van der Waals surface area contributed by atoms with Crippen molar-refractivity contribution in [2.75, 3.05) is 6.79 Å². The number of carbonyl (C=O) groups is 1. The Morgan fingerprint density at radius 3 is 2.83 bits per heavy atom. The van der Waals surface area contributed by atoms with E-state index in [2.05, 4.69) is 4.99 Å². The summed E-state index contributed by atoms with van der Waals surface area (Å²) in [5, 5.41) is 0.550. The minimum Gasteiger partial charge on any atom is -0.454 e. The van der Waals surface area contributed by atoms with Gasteiger partial charge in [-0.1, -0.05) is 23.7 Å². The fraction of sp³-hybridized carbons (Fsp3) is 0.0588. The monoisotopic (exact) mass is 327 g/mol. The van der Waals surface area contributed by atoms with Gasteiger partial charge in [-0.05, 0) is 42.0 Å². The first-order chi connectivity index (χ1) is 11.2. The number of fused-ring (bicyclic) bond motifs is 1. The van der Waals surface area contributed by atoms with Crippen molar-refractivity contribution in [2.45, 2.75) is 0 Å². The van der Waals surface area contributed by atoms with E-state index in [0.717, 1.165) is 5.56 Å². The van der Waals surface area contributed by atoms with Crippen LogP contribution in [-0.2, 0) is 9.53 Å². The molecule has 23 heavy (non-hydrogen) atoms. The van der Waals surface area contributed by atoms with Crippen LogP contribution >= 0.6 is 11.6 Å². The molecule has 0 radical (unpaired) electrons. The molecule has 114 valence electrons. The van der Waals surface area contributed by atoms with Crippen molar-refractivity contribution in [1.82, 2.24) is 0 Å².